The lowest BCUT2D eigenvalue weighted by molar-refractivity contribution is 0.526. The van der Waals surface area contributed by atoms with E-state index in [2.05, 4.69) is 64.0 Å². The molecule has 0 amide bonds. The number of aromatic nitrogens is 1. The lowest BCUT2D eigenvalue weighted by atomic mass is 9.89. The van der Waals surface area contributed by atoms with Crippen LogP contribution in [0.4, 0.5) is 5.13 Å². The molecule has 1 saturated heterocycles. The quantitative estimate of drug-likeness (QED) is 0.262. The van der Waals surface area contributed by atoms with E-state index < -0.39 is 9.84 Å². The third-order valence-corrected chi connectivity index (χ3v) is 11.1. The van der Waals surface area contributed by atoms with Gasteiger partial charge in [0, 0.05) is 34.9 Å². The number of piperidine rings is 1. The maximum atomic E-state index is 14.2. The van der Waals surface area contributed by atoms with Crippen molar-refractivity contribution < 1.29 is 8.42 Å². The predicted octanol–water partition coefficient (Wildman–Crippen LogP) is 8.85. The van der Waals surface area contributed by atoms with Gasteiger partial charge in [0.1, 0.15) is 0 Å². The van der Waals surface area contributed by atoms with Crippen LogP contribution in [0.2, 0.25) is 10.0 Å². The Bertz CT molecular complexity index is 1340. The van der Waals surface area contributed by atoms with Crippen molar-refractivity contribution in [2.24, 2.45) is 0 Å². The normalized spacial score (nSPS) is 15.3. The van der Waals surface area contributed by atoms with Crippen LogP contribution in [-0.4, -0.2) is 31.7 Å². The van der Waals surface area contributed by atoms with Gasteiger partial charge in [-0.1, -0.05) is 76.9 Å². The molecule has 2 aromatic carbocycles. The Kier molecular flexibility index (Phi) is 9.18. The summed E-state index contributed by atoms with van der Waals surface area (Å²) in [5, 5.41) is 3.85. The first-order chi connectivity index (χ1) is 17.9. The molecule has 1 aliphatic rings. The fraction of sp³-hybridized carbons (Fsp3) is 0.500. The van der Waals surface area contributed by atoms with E-state index in [9.17, 15) is 8.42 Å². The van der Waals surface area contributed by atoms with Gasteiger partial charge in [-0.25, -0.2) is 13.4 Å². The molecule has 1 fully saturated rings. The molecule has 0 bridgehead atoms. The lowest BCUT2D eigenvalue weighted by Crippen LogP contribution is -2.40. The molecule has 0 unspecified atom stereocenters. The summed E-state index contributed by atoms with van der Waals surface area (Å²) in [4.78, 5) is 7.65. The smallest absolute Gasteiger partial charge is 0.185 e. The Morgan fingerprint density at radius 3 is 1.95 bits per heavy atom. The molecule has 4 nitrogen and oxygen atoms in total. The van der Waals surface area contributed by atoms with Crippen LogP contribution in [0.25, 0.3) is 0 Å². The zero-order valence-corrected chi connectivity index (χ0v) is 26.2. The van der Waals surface area contributed by atoms with Gasteiger partial charge in [-0.3, -0.25) is 0 Å². The molecular formula is C30H38Cl2N2O2S2. The van der Waals surface area contributed by atoms with Crippen molar-refractivity contribution >= 4 is 49.5 Å². The van der Waals surface area contributed by atoms with Gasteiger partial charge >= 0.3 is 0 Å². The number of hydrogen-bond acceptors (Lipinski definition) is 5. The number of anilines is 1. The maximum absolute atomic E-state index is 14.2. The van der Waals surface area contributed by atoms with Gasteiger partial charge in [-0.05, 0) is 71.0 Å². The SMILES string of the molecule is CC(C)c1cc(C(C)C)c(S(=O)(=O)C2CCN(c3nc(Cc4cc(Cl)cc(Cl)c4)cs3)CC2)c(C(C)C)c1. The van der Waals surface area contributed by atoms with Crippen molar-refractivity contribution in [1.82, 2.24) is 4.98 Å². The molecule has 0 atom stereocenters. The second-order valence-corrected chi connectivity index (χ2v) is 15.2. The largest absolute Gasteiger partial charge is 0.348 e. The van der Waals surface area contributed by atoms with Gasteiger partial charge in [0.15, 0.2) is 15.0 Å². The second kappa shape index (κ2) is 11.9. The van der Waals surface area contributed by atoms with Gasteiger partial charge < -0.3 is 4.90 Å². The van der Waals surface area contributed by atoms with Crippen LogP contribution in [0, 0.1) is 0 Å². The molecule has 38 heavy (non-hydrogen) atoms. The minimum absolute atomic E-state index is 0.138. The van der Waals surface area contributed by atoms with Gasteiger partial charge in [0.05, 0.1) is 15.8 Å². The monoisotopic (exact) mass is 592 g/mol. The van der Waals surface area contributed by atoms with Crippen LogP contribution in [-0.2, 0) is 16.3 Å². The molecular weight excluding hydrogens is 555 g/mol. The van der Waals surface area contributed by atoms with Crippen LogP contribution in [0.3, 0.4) is 0 Å². The van der Waals surface area contributed by atoms with Crippen molar-refractivity contribution in [1.29, 1.82) is 0 Å². The molecule has 4 rings (SSSR count). The van der Waals surface area contributed by atoms with E-state index in [-0.39, 0.29) is 17.1 Å². The minimum Gasteiger partial charge on any atom is -0.348 e. The summed E-state index contributed by atoms with van der Waals surface area (Å²) >= 11 is 13.9. The number of rotatable bonds is 8. The van der Waals surface area contributed by atoms with E-state index in [0.29, 0.717) is 53.2 Å². The first kappa shape index (κ1) is 29.4. The third-order valence-electron chi connectivity index (χ3n) is 7.36. The molecule has 0 saturated carbocycles. The van der Waals surface area contributed by atoms with Crippen molar-refractivity contribution in [2.45, 2.75) is 88.7 Å². The van der Waals surface area contributed by atoms with E-state index in [0.717, 1.165) is 27.5 Å². The molecule has 1 aliphatic heterocycles. The van der Waals surface area contributed by atoms with Crippen LogP contribution in [0.5, 0.6) is 0 Å². The number of hydrogen-bond donors (Lipinski definition) is 0. The first-order valence-electron chi connectivity index (χ1n) is 13.4. The highest BCUT2D eigenvalue weighted by molar-refractivity contribution is 7.92. The van der Waals surface area contributed by atoms with E-state index in [1.807, 2.05) is 12.1 Å². The summed E-state index contributed by atoms with van der Waals surface area (Å²) in [5.41, 5.74) is 5.13. The van der Waals surface area contributed by atoms with E-state index >= 15 is 0 Å². The fourth-order valence-electron chi connectivity index (χ4n) is 5.19. The van der Waals surface area contributed by atoms with Crippen LogP contribution in [0.1, 0.15) is 100 Å². The maximum Gasteiger partial charge on any atom is 0.185 e. The molecule has 0 N–H and O–H groups in total. The van der Waals surface area contributed by atoms with Gasteiger partial charge in [0.2, 0.25) is 0 Å². The number of benzene rings is 2. The molecule has 0 radical (unpaired) electrons. The van der Waals surface area contributed by atoms with Crippen LogP contribution >= 0.6 is 34.5 Å². The Morgan fingerprint density at radius 2 is 1.45 bits per heavy atom. The molecule has 0 aliphatic carbocycles. The summed E-state index contributed by atoms with van der Waals surface area (Å²) in [6.07, 6.45) is 1.86. The summed E-state index contributed by atoms with van der Waals surface area (Å²) in [7, 11) is -3.47. The number of thiazole rings is 1. The molecule has 206 valence electrons. The topological polar surface area (TPSA) is 50.3 Å². The lowest BCUT2D eigenvalue weighted by Gasteiger charge is -2.33. The van der Waals surface area contributed by atoms with E-state index in [1.54, 1.807) is 17.4 Å². The predicted molar refractivity (Wildman–Crippen MR) is 163 cm³/mol. The summed E-state index contributed by atoms with van der Waals surface area (Å²) in [6.45, 7) is 14.1. The Morgan fingerprint density at radius 1 is 0.895 bits per heavy atom. The highest BCUT2D eigenvalue weighted by atomic mass is 35.5. The summed E-state index contributed by atoms with van der Waals surface area (Å²) in [6, 6.07) is 9.81. The van der Waals surface area contributed by atoms with Crippen LogP contribution < -0.4 is 4.90 Å². The number of nitrogens with zero attached hydrogens (tertiary/aromatic N) is 2. The summed E-state index contributed by atoms with van der Waals surface area (Å²) in [5.74, 6) is 0.627. The molecule has 3 aromatic rings. The van der Waals surface area contributed by atoms with E-state index in [1.165, 1.54) is 5.56 Å². The van der Waals surface area contributed by atoms with Crippen molar-refractivity contribution in [2.75, 3.05) is 18.0 Å². The highest BCUT2D eigenvalue weighted by Crippen LogP contribution is 2.39. The molecule has 2 heterocycles. The van der Waals surface area contributed by atoms with Crippen molar-refractivity contribution in [3.8, 4) is 0 Å². The average molecular weight is 594 g/mol. The number of sulfone groups is 1. The molecule has 8 heteroatoms. The van der Waals surface area contributed by atoms with Crippen molar-refractivity contribution in [3.63, 3.8) is 0 Å². The molecule has 1 aromatic heterocycles. The number of halogens is 2. The first-order valence-corrected chi connectivity index (χ1v) is 16.6. The Balaban J connectivity index is 1.53. The highest BCUT2D eigenvalue weighted by Gasteiger charge is 2.36. The minimum atomic E-state index is -3.47. The van der Waals surface area contributed by atoms with Gasteiger partial charge in [0.25, 0.3) is 0 Å². The van der Waals surface area contributed by atoms with Crippen LogP contribution in [0.15, 0.2) is 40.6 Å². The Hall–Kier alpha value is -1.60. The standard InChI is InChI=1S/C30H38Cl2N2O2S2/c1-18(2)22-14-27(19(3)4)29(28(15-22)20(5)6)38(35,36)26-7-9-34(10-8-26)30-33-25(17-37-30)13-21-11-23(31)16-24(32)12-21/h11-12,14-20,26H,7-10,13H2,1-6H3. The second-order valence-electron chi connectivity index (χ2n) is 11.3. The summed E-state index contributed by atoms with van der Waals surface area (Å²) < 4.78 is 28.3. The zero-order chi connectivity index (χ0) is 27.8. The Labute approximate surface area is 242 Å². The van der Waals surface area contributed by atoms with E-state index in [4.69, 9.17) is 28.2 Å². The molecule has 0 spiro atoms. The van der Waals surface area contributed by atoms with Crippen molar-refractivity contribution in [3.05, 3.63) is 73.7 Å². The fourth-order valence-corrected chi connectivity index (χ4v) is 9.05. The van der Waals surface area contributed by atoms with Gasteiger partial charge in [-0.2, -0.15) is 0 Å². The third kappa shape index (κ3) is 6.41. The van der Waals surface area contributed by atoms with Gasteiger partial charge in [-0.15, -0.1) is 11.3 Å². The average Bonchev–Trinajstić information content (AvgIpc) is 3.30. The zero-order valence-electron chi connectivity index (χ0n) is 23.1.